The van der Waals surface area contributed by atoms with E-state index in [-0.39, 0.29) is 5.91 Å². The third-order valence-corrected chi connectivity index (χ3v) is 4.20. The molecule has 0 saturated heterocycles. The molecule has 1 aliphatic heterocycles. The number of carbonyl (C=O) groups is 1. The predicted octanol–water partition coefficient (Wildman–Crippen LogP) is 3.12. The SMILES string of the molecule is CC(C(=O)N1CCc2[nH]ncc2C1)c1cccc(C(F)(F)F)c1. The molecule has 4 nitrogen and oxygen atoms in total. The monoisotopic (exact) mass is 323 g/mol. The molecule has 3 rings (SSSR count). The van der Waals surface area contributed by atoms with Crippen molar-refractivity contribution in [2.45, 2.75) is 32.0 Å². The van der Waals surface area contributed by atoms with Gasteiger partial charge in [0.25, 0.3) is 0 Å². The second kappa shape index (κ2) is 5.72. The van der Waals surface area contributed by atoms with Crippen molar-refractivity contribution in [3.8, 4) is 0 Å². The summed E-state index contributed by atoms with van der Waals surface area (Å²) in [6.45, 7) is 2.62. The molecule has 1 atom stereocenters. The lowest BCUT2D eigenvalue weighted by molar-refractivity contribution is -0.138. The van der Waals surface area contributed by atoms with Gasteiger partial charge in [0.05, 0.1) is 17.7 Å². The number of fused-ring (bicyclic) bond motifs is 1. The average molecular weight is 323 g/mol. The van der Waals surface area contributed by atoms with Crippen LogP contribution in [0.4, 0.5) is 13.2 Å². The second-order valence-electron chi connectivity index (χ2n) is 5.73. The minimum Gasteiger partial charge on any atom is -0.337 e. The second-order valence-corrected chi connectivity index (χ2v) is 5.73. The summed E-state index contributed by atoms with van der Waals surface area (Å²) in [6.07, 6.45) is -2.05. The Bertz CT molecular complexity index is 723. The number of alkyl halides is 3. The van der Waals surface area contributed by atoms with Gasteiger partial charge in [0.1, 0.15) is 0 Å². The van der Waals surface area contributed by atoms with Gasteiger partial charge >= 0.3 is 6.18 Å². The summed E-state index contributed by atoms with van der Waals surface area (Å²) in [7, 11) is 0. The number of aromatic amines is 1. The van der Waals surface area contributed by atoms with E-state index >= 15 is 0 Å². The van der Waals surface area contributed by atoms with Gasteiger partial charge in [0.15, 0.2) is 0 Å². The highest BCUT2D eigenvalue weighted by Gasteiger charge is 2.32. The van der Waals surface area contributed by atoms with Crippen molar-refractivity contribution in [2.24, 2.45) is 0 Å². The van der Waals surface area contributed by atoms with Gasteiger partial charge in [-0.25, -0.2) is 0 Å². The molecule has 122 valence electrons. The Kier molecular flexibility index (Phi) is 3.87. The fourth-order valence-electron chi connectivity index (χ4n) is 2.81. The van der Waals surface area contributed by atoms with E-state index in [1.165, 1.54) is 6.07 Å². The number of H-pyrrole nitrogens is 1. The maximum absolute atomic E-state index is 12.8. The molecule has 0 fully saturated rings. The minimum atomic E-state index is -4.41. The number of hydrogen-bond acceptors (Lipinski definition) is 2. The molecule has 1 N–H and O–H groups in total. The zero-order valence-corrected chi connectivity index (χ0v) is 12.5. The molecule has 7 heteroatoms. The summed E-state index contributed by atoms with van der Waals surface area (Å²) in [6, 6.07) is 4.96. The van der Waals surface area contributed by atoms with E-state index in [2.05, 4.69) is 10.2 Å². The first-order valence-corrected chi connectivity index (χ1v) is 7.33. The van der Waals surface area contributed by atoms with Crippen LogP contribution in [-0.4, -0.2) is 27.5 Å². The van der Waals surface area contributed by atoms with Crippen molar-refractivity contribution in [1.29, 1.82) is 0 Å². The van der Waals surface area contributed by atoms with E-state index in [1.54, 1.807) is 24.1 Å². The highest BCUT2D eigenvalue weighted by Crippen LogP contribution is 2.32. The Morgan fingerprint density at radius 2 is 2.17 bits per heavy atom. The standard InChI is InChI=1S/C16H16F3N3O/c1-10(11-3-2-4-13(7-11)16(17,18)19)15(23)22-6-5-14-12(9-22)8-20-21-14/h2-4,7-8,10H,5-6,9H2,1H3,(H,20,21). The van der Waals surface area contributed by atoms with Gasteiger partial charge < -0.3 is 4.90 Å². The number of nitrogens with zero attached hydrogens (tertiary/aromatic N) is 2. The molecule has 23 heavy (non-hydrogen) atoms. The third-order valence-electron chi connectivity index (χ3n) is 4.20. The number of halogens is 3. The van der Waals surface area contributed by atoms with Gasteiger partial charge in [-0.3, -0.25) is 9.89 Å². The Morgan fingerprint density at radius 3 is 2.91 bits per heavy atom. The van der Waals surface area contributed by atoms with Crippen LogP contribution in [0.5, 0.6) is 0 Å². The van der Waals surface area contributed by atoms with E-state index in [0.29, 0.717) is 25.1 Å². The summed E-state index contributed by atoms with van der Waals surface area (Å²) in [5.74, 6) is -0.790. The number of rotatable bonds is 2. The van der Waals surface area contributed by atoms with Crippen LogP contribution in [0.25, 0.3) is 0 Å². The first kappa shape index (κ1) is 15.6. The molecule has 1 aromatic carbocycles. The number of hydrogen-bond donors (Lipinski definition) is 1. The number of nitrogens with one attached hydrogen (secondary N) is 1. The van der Waals surface area contributed by atoms with Gasteiger partial charge in [0, 0.05) is 30.8 Å². The maximum Gasteiger partial charge on any atom is 0.416 e. The first-order valence-electron chi connectivity index (χ1n) is 7.33. The van der Waals surface area contributed by atoms with Crippen LogP contribution >= 0.6 is 0 Å². The van der Waals surface area contributed by atoms with Crippen LogP contribution in [0, 0.1) is 0 Å². The number of carbonyl (C=O) groups excluding carboxylic acids is 1. The summed E-state index contributed by atoms with van der Waals surface area (Å²) < 4.78 is 38.4. The van der Waals surface area contributed by atoms with Crippen molar-refractivity contribution >= 4 is 5.91 Å². The number of benzene rings is 1. The molecule has 2 heterocycles. The lowest BCUT2D eigenvalue weighted by atomic mass is 9.96. The van der Waals surface area contributed by atoms with Crippen molar-refractivity contribution < 1.29 is 18.0 Å². The summed E-state index contributed by atoms with van der Waals surface area (Å²) in [5.41, 5.74) is 1.62. The van der Waals surface area contributed by atoms with Gasteiger partial charge in [-0.2, -0.15) is 18.3 Å². The fraction of sp³-hybridized carbons (Fsp3) is 0.375. The fourth-order valence-corrected chi connectivity index (χ4v) is 2.81. The average Bonchev–Trinajstić information content (AvgIpc) is 3.00. The number of amides is 1. The van der Waals surface area contributed by atoms with Gasteiger partial charge in [-0.1, -0.05) is 18.2 Å². The smallest absolute Gasteiger partial charge is 0.337 e. The summed E-state index contributed by atoms with van der Waals surface area (Å²) >= 11 is 0. The maximum atomic E-state index is 12.8. The predicted molar refractivity (Wildman–Crippen MR) is 77.6 cm³/mol. The van der Waals surface area contributed by atoms with Gasteiger partial charge in [0.2, 0.25) is 5.91 Å². The van der Waals surface area contributed by atoms with E-state index in [1.807, 2.05) is 0 Å². The minimum absolute atomic E-state index is 0.170. The van der Waals surface area contributed by atoms with Crippen LogP contribution in [0.1, 0.15) is 35.2 Å². The molecule has 0 saturated carbocycles. The number of aromatic nitrogens is 2. The normalized spacial score (nSPS) is 16.1. The van der Waals surface area contributed by atoms with Crippen LogP contribution in [0.2, 0.25) is 0 Å². The molecule has 0 spiro atoms. The topological polar surface area (TPSA) is 49.0 Å². The molecule has 1 unspecified atom stereocenters. The molecule has 0 bridgehead atoms. The van der Waals surface area contributed by atoms with Gasteiger partial charge in [-0.05, 0) is 18.6 Å². The highest BCUT2D eigenvalue weighted by molar-refractivity contribution is 5.83. The van der Waals surface area contributed by atoms with Gasteiger partial charge in [-0.15, -0.1) is 0 Å². The highest BCUT2D eigenvalue weighted by atomic mass is 19.4. The Labute approximate surface area is 131 Å². The molecular formula is C16H16F3N3O. The third kappa shape index (κ3) is 3.09. The van der Waals surface area contributed by atoms with Crippen LogP contribution < -0.4 is 0 Å². The lowest BCUT2D eigenvalue weighted by Crippen LogP contribution is -2.38. The molecule has 0 radical (unpaired) electrons. The Balaban J connectivity index is 1.78. The van der Waals surface area contributed by atoms with Crippen molar-refractivity contribution in [3.63, 3.8) is 0 Å². The molecule has 1 amide bonds. The summed E-state index contributed by atoms with van der Waals surface area (Å²) in [4.78, 5) is 14.3. The van der Waals surface area contributed by atoms with Crippen LogP contribution in [0.15, 0.2) is 30.5 Å². The van der Waals surface area contributed by atoms with Crippen molar-refractivity contribution in [1.82, 2.24) is 15.1 Å². The lowest BCUT2D eigenvalue weighted by Gasteiger charge is -2.29. The largest absolute Gasteiger partial charge is 0.416 e. The summed E-state index contributed by atoms with van der Waals surface area (Å²) in [5, 5.41) is 6.84. The van der Waals surface area contributed by atoms with E-state index in [0.717, 1.165) is 23.4 Å². The zero-order valence-electron chi connectivity index (χ0n) is 12.5. The quantitative estimate of drug-likeness (QED) is 0.923. The molecule has 0 aliphatic carbocycles. The van der Waals surface area contributed by atoms with Crippen LogP contribution in [0.3, 0.4) is 0 Å². The zero-order chi connectivity index (χ0) is 16.6. The van der Waals surface area contributed by atoms with Crippen LogP contribution in [-0.2, 0) is 23.9 Å². The first-order chi connectivity index (χ1) is 10.9. The van der Waals surface area contributed by atoms with E-state index in [4.69, 9.17) is 0 Å². The molecule has 2 aromatic rings. The van der Waals surface area contributed by atoms with E-state index < -0.39 is 17.7 Å². The molecule has 1 aromatic heterocycles. The Morgan fingerprint density at radius 1 is 1.39 bits per heavy atom. The van der Waals surface area contributed by atoms with Crippen molar-refractivity contribution in [3.05, 3.63) is 52.8 Å². The Hall–Kier alpha value is -2.31. The molecular weight excluding hydrogens is 307 g/mol. The van der Waals surface area contributed by atoms with E-state index in [9.17, 15) is 18.0 Å². The molecule has 1 aliphatic rings. The van der Waals surface area contributed by atoms with Crippen molar-refractivity contribution in [2.75, 3.05) is 6.54 Å².